The minimum absolute atomic E-state index is 0.143. The molecule has 0 spiro atoms. The highest BCUT2D eigenvalue weighted by molar-refractivity contribution is 7.80. The topological polar surface area (TPSA) is 48.1 Å². The first-order valence-electron chi connectivity index (χ1n) is 12.4. The Hall–Kier alpha value is -2.18. The zero-order chi connectivity index (χ0) is 24.4. The maximum atomic E-state index is 5.63. The van der Waals surface area contributed by atoms with Crippen LogP contribution in [0.25, 0.3) is 0 Å². The standard InChI is InChI=1S/C28H40N4S2/c1-27(2)18-24(32-26(34)30-17-15-23-12-8-5-9-13-23)19-28(3,20-27)21-31-25(33)29-16-14-22-10-6-4-7-11-22/h4-13,24H,14-21H2,1-3H3,(H2,29,31,33)(H2,30,32,34)/t24-,28+/m1/s1. The van der Waals surface area contributed by atoms with Gasteiger partial charge in [-0.05, 0) is 78.5 Å². The van der Waals surface area contributed by atoms with Gasteiger partial charge in [0.15, 0.2) is 10.2 Å². The van der Waals surface area contributed by atoms with E-state index in [0.29, 0.717) is 6.04 Å². The molecule has 1 aliphatic carbocycles. The van der Waals surface area contributed by atoms with Gasteiger partial charge >= 0.3 is 0 Å². The first-order chi connectivity index (χ1) is 16.2. The molecule has 184 valence electrons. The zero-order valence-electron chi connectivity index (χ0n) is 20.8. The summed E-state index contributed by atoms with van der Waals surface area (Å²) in [5, 5.41) is 15.3. The van der Waals surface area contributed by atoms with E-state index in [1.165, 1.54) is 11.1 Å². The molecule has 34 heavy (non-hydrogen) atoms. The lowest BCUT2D eigenvalue weighted by atomic mass is 9.62. The summed E-state index contributed by atoms with van der Waals surface area (Å²) in [5.41, 5.74) is 3.03. The highest BCUT2D eigenvalue weighted by Crippen LogP contribution is 2.45. The lowest BCUT2D eigenvalue weighted by molar-refractivity contribution is 0.0802. The number of nitrogens with one attached hydrogen (secondary N) is 4. The molecule has 2 aromatic carbocycles. The molecule has 0 amide bonds. The second-order valence-electron chi connectivity index (χ2n) is 10.7. The molecular weight excluding hydrogens is 456 g/mol. The van der Waals surface area contributed by atoms with Crippen molar-refractivity contribution in [2.24, 2.45) is 10.8 Å². The van der Waals surface area contributed by atoms with Crippen LogP contribution in [0.2, 0.25) is 0 Å². The van der Waals surface area contributed by atoms with Gasteiger partial charge in [0.1, 0.15) is 0 Å². The van der Waals surface area contributed by atoms with Crippen molar-refractivity contribution in [3.05, 3.63) is 71.8 Å². The molecule has 0 unspecified atom stereocenters. The third-order valence-electron chi connectivity index (χ3n) is 6.54. The smallest absolute Gasteiger partial charge is 0.166 e. The predicted octanol–water partition coefficient (Wildman–Crippen LogP) is 4.99. The van der Waals surface area contributed by atoms with Crippen LogP contribution >= 0.6 is 24.4 Å². The van der Waals surface area contributed by atoms with Crippen LogP contribution in [0.5, 0.6) is 0 Å². The predicted molar refractivity (Wildman–Crippen MR) is 152 cm³/mol. The Kier molecular flexibility index (Phi) is 9.72. The maximum Gasteiger partial charge on any atom is 0.166 e. The van der Waals surface area contributed by atoms with E-state index in [2.05, 4.69) is 90.6 Å². The molecule has 0 bridgehead atoms. The zero-order valence-corrected chi connectivity index (χ0v) is 22.5. The van der Waals surface area contributed by atoms with Crippen molar-refractivity contribution in [3.63, 3.8) is 0 Å². The van der Waals surface area contributed by atoms with E-state index in [1.54, 1.807) is 0 Å². The summed E-state index contributed by atoms with van der Waals surface area (Å²) in [6.07, 6.45) is 5.27. The molecule has 3 rings (SSSR count). The van der Waals surface area contributed by atoms with E-state index < -0.39 is 0 Å². The van der Waals surface area contributed by atoms with Gasteiger partial charge in [-0.15, -0.1) is 0 Å². The Morgan fingerprint density at radius 3 is 1.85 bits per heavy atom. The first kappa shape index (κ1) is 26.4. The van der Waals surface area contributed by atoms with E-state index in [0.717, 1.165) is 62.0 Å². The van der Waals surface area contributed by atoms with Gasteiger partial charge in [0, 0.05) is 25.7 Å². The fourth-order valence-electron chi connectivity index (χ4n) is 5.39. The normalized spacial score (nSPS) is 21.3. The highest BCUT2D eigenvalue weighted by Gasteiger charge is 2.41. The number of thiocarbonyl (C=S) groups is 2. The molecule has 0 saturated heterocycles. The van der Waals surface area contributed by atoms with Crippen molar-refractivity contribution in [2.75, 3.05) is 19.6 Å². The molecule has 0 aliphatic heterocycles. The van der Waals surface area contributed by atoms with Crippen LogP contribution in [-0.2, 0) is 12.8 Å². The Labute approximate surface area is 216 Å². The summed E-state index contributed by atoms with van der Waals surface area (Å²) >= 11 is 11.2. The van der Waals surface area contributed by atoms with E-state index in [9.17, 15) is 0 Å². The average Bonchev–Trinajstić information content (AvgIpc) is 2.78. The average molecular weight is 497 g/mol. The van der Waals surface area contributed by atoms with E-state index in [1.807, 2.05) is 12.1 Å². The fraction of sp³-hybridized carbons (Fsp3) is 0.500. The summed E-state index contributed by atoms with van der Waals surface area (Å²) in [4.78, 5) is 0. The molecule has 0 aromatic heterocycles. The molecule has 0 heterocycles. The Morgan fingerprint density at radius 1 is 0.765 bits per heavy atom. The molecule has 0 radical (unpaired) electrons. The third kappa shape index (κ3) is 9.22. The lowest BCUT2D eigenvalue weighted by Crippen LogP contribution is -2.53. The molecular formula is C28H40N4S2. The summed E-state index contributed by atoms with van der Waals surface area (Å²) < 4.78 is 0. The minimum Gasteiger partial charge on any atom is -0.362 e. The summed E-state index contributed by atoms with van der Waals surface area (Å²) in [5.74, 6) is 0. The number of hydrogen-bond acceptors (Lipinski definition) is 2. The largest absolute Gasteiger partial charge is 0.362 e. The second-order valence-corrected chi connectivity index (χ2v) is 11.6. The van der Waals surface area contributed by atoms with Crippen molar-refractivity contribution >= 4 is 34.7 Å². The van der Waals surface area contributed by atoms with Crippen molar-refractivity contribution in [2.45, 2.75) is 58.9 Å². The second kappa shape index (κ2) is 12.5. The van der Waals surface area contributed by atoms with Crippen molar-refractivity contribution in [3.8, 4) is 0 Å². The van der Waals surface area contributed by atoms with Crippen LogP contribution in [-0.4, -0.2) is 35.9 Å². The summed E-state index contributed by atoms with van der Waals surface area (Å²) in [6.45, 7) is 9.63. The van der Waals surface area contributed by atoms with Gasteiger partial charge in [-0.2, -0.15) is 0 Å². The maximum absolute atomic E-state index is 5.63. The van der Waals surface area contributed by atoms with E-state index in [4.69, 9.17) is 24.4 Å². The Balaban J connectivity index is 1.42. The van der Waals surface area contributed by atoms with Crippen LogP contribution in [0.15, 0.2) is 60.7 Å². The van der Waals surface area contributed by atoms with Gasteiger partial charge < -0.3 is 21.3 Å². The molecule has 1 saturated carbocycles. The first-order valence-corrected chi connectivity index (χ1v) is 13.2. The van der Waals surface area contributed by atoms with Crippen molar-refractivity contribution < 1.29 is 0 Å². The van der Waals surface area contributed by atoms with Gasteiger partial charge in [-0.25, -0.2) is 0 Å². The minimum atomic E-state index is 0.143. The summed E-state index contributed by atoms with van der Waals surface area (Å²) in [7, 11) is 0. The van der Waals surface area contributed by atoms with Gasteiger partial charge in [-0.1, -0.05) is 81.4 Å². The van der Waals surface area contributed by atoms with E-state index in [-0.39, 0.29) is 10.8 Å². The van der Waals surface area contributed by atoms with Gasteiger partial charge in [0.25, 0.3) is 0 Å². The monoisotopic (exact) mass is 496 g/mol. The van der Waals surface area contributed by atoms with Gasteiger partial charge in [-0.3, -0.25) is 0 Å². The van der Waals surface area contributed by atoms with Crippen LogP contribution in [0, 0.1) is 10.8 Å². The van der Waals surface area contributed by atoms with Crippen LogP contribution in [0.3, 0.4) is 0 Å². The highest BCUT2D eigenvalue weighted by atomic mass is 32.1. The van der Waals surface area contributed by atoms with Gasteiger partial charge in [0.2, 0.25) is 0 Å². The quantitative estimate of drug-likeness (QED) is 0.367. The Bertz CT molecular complexity index is 917. The van der Waals surface area contributed by atoms with Crippen LogP contribution < -0.4 is 21.3 Å². The fourth-order valence-corrected chi connectivity index (χ4v) is 5.84. The van der Waals surface area contributed by atoms with E-state index >= 15 is 0 Å². The molecule has 4 nitrogen and oxygen atoms in total. The molecule has 2 aromatic rings. The SMILES string of the molecule is CC1(C)C[C@@H](NC(=S)NCCc2ccccc2)C[C@](C)(CNC(=S)NCCc2ccccc2)C1. The third-order valence-corrected chi connectivity index (χ3v) is 7.09. The number of benzene rings is 2. The molecule has 1 fully saturated rings. The van der Waals surface area contributed by atoms with Crippen LogP contribution in [0.4, 0.5) is 0 Å². The molecule has 4 N–H and O–H groups in total. The lowest BCUT2D eigenvalue weighted by Gasteiger charge is -2.47. The Morgan fingerprint density at radius 2 is 1.29 bits per heavy atom. The summed E-state index contributed by atoms with van der Waals surface area (Å²) in [6, 6.07) is 21.4. The molecule has 2 atom stereocenters. The number of rotatable bonds is 9. The number of hydrogen-bond donors (Lipinski definition) is 4. The molecule has 1 aliphatic rings. The van der Waals surface area contributed by atoms with Crippen LogP contribution in [0.1, 0.15) is 51.2 Å². The molecule has 6 heteroatoms. The van der Waals surface area contributed by atoms with Gasteiger partial charge in [0.05, 0.1) is 0 Å². The van der Waals surface area contributed by atoms with Crippen molar-refractivity contribution in [1.82, 2.24) is 21.3 Å². The van der Waals surface area contributed by atoms with Crippen molar-refractivity contribution in [1.29, 1.82) is 0 Å².